The molecule has 0 aromatic heterocycles. The quantitative estimate of drug-likeness (QED) is 0.721. The van der Waals surface area contributed by atoms with Crippen LogP contribution in [0.4, 0.5) is 0 Å². The van der Waals surface area contributed by atoms with Crippen molar-refractivity contribution in [3.63, 3.8) is 0 Å². The third-order valence-corrected chi connectivity index (χ3v) is 3.28. The van der Waals surface area contributed by atoms with Crippen LogP contribution in [0.5, 0.6) is 0 Å². The van der Waals surface area contributed by atoms with E-state index >= 15 is 0 Å². The maximum Gasteiger partial charge on any atom is 0.323 e. The van der Waals surface area contributed by atoms with Gasteiger partial charge in [-0.05, 0) is 33.2 Å². The van der Waals surface area contributed by atoms with E-state index in [4.69, 9.17) is 9.47 Å². The minimum atomic E-state index is -0.0798. The van der Waals surface area contributed by atoms with E-state index in [0.717, 1.165) is 32.2 Å². The molecular weight excluding hydrogens is 206 g/mol. The maximum absolute atomic E-state index is 11.8. The maximum atomic E-state index is 11.8. The Hall–Kier alpha value is -0.610. The molecular formula is C12H21NO3. The van der Waals surface area contributed by atoms with E-state index in [1.165, 1.54) is 0 Å². The summed E-state index contributed by atoms with van der Waals surface area (Å²) < 4.78 is 11.2. The van der Waals surface area contributed by atoms with Crippen LogP contribution in [0.15, 0.2) is 0 Å². The molecule has 2 rings (SSSR count). The fraction of sp³-hybridized carbons (Fsp3) is 0.917. The topological polar surface area (TPSA) is 47.6 Å². The summed E-state index contributed by atoms with van der Waals surface area (Å²) >= 11 is 0. The van der Waals surface area contributed by atoms with Crippen LogP contribution >= 0.6 is 0 Å². The molecule has 16 heavy (non-hydrogen) atoms. The summed E-state index contributed by atoms with van der Waals surface area (Å²) in [7, 11) is 0. The van der Waals surface area contributed by atoms with Crippen molar-refractivity contribution in [2.75, 3.05) is 6.54 Å². The second-order valence-electron chi connectivity index (χ2n) is 4.94. The predicted molar refractivity (Wildman–Crippen MR) is 60.1 cm³/mol. The van der Waals surface area contributed by atoms with Gasteiger partial charge in [0.15, 0.2) is 0 Å². The molecule has 2 aliphatic heterocycles. The second-order valence-corrected chi connectivity index (χ2v) is 4.94. The lowest BCUT2D eigenvalue weighted by atomic mass is 10.0. The van der Waals surface area contributed by atoms with Crippen molar-refractivity contribution in [1.29, 1.82) is 0 Å². The minimum Gasteiger partial charge on any atom is -0.461 e. The molecule has 4 nitrogen and oxygen atoms in total. The molecule has 2 fully saturated rings. The molecule has 0 radical (unpaired) electrons. The van der Waals surface area contributed by atoms with Gasteiger partial charge in [-0.3, -0.25) is 4.79 Å². The number of hydrogen-bond donors (Lipinski definition) is 1. The molecule has 0 aromatic carbocycles. The first kappa shape index (κ1) is 11.9. The van der Waals surface area contributed by atoms with Gasteiger partial charge in [-0.1, -0.05) is 0 Å². The normalized spacial score (nSPS) is 39.6. The molecule has 2 heterocycles. The van der Waals surface area contributed by atoms with Crippen LogP contribution in [0.25, 0.3) is 0 Å². The summed E-state index contributed by atoms with van der Waals surface area (Å²) in [6.45, 7) is 5.00. The van der Waals surface area contributed by atoms with E-state index in [9.17, 15) is 4.79 Å². The van der Waals surface area contributed by atoms with E-state index in [0.29, 0.717) is 0 Å². The predicted octanol–water partition coefficient (Wildman–Crippen LogP) is 1.24. The zero-order valence-electron chi connectivity index (χ0n) is 10.1. The Morgan fingerprint density at radius 2 is 2.00 bits per heavy atom. The number of hydrogen-bond acceptors (Lipinski definition) is 4. The third-order valence-electron chi connectivity index (χ3n) is 3.28. The van der Waals surface area contributed by atoms with Gasteiger partial charge in [-0.2, -0.15) is 0 Å². The lowest BCUT2D eigenvalue weighted by Gasteiger charge is -2.32. The third kappa shape index (κ3) is 2.95. The second kappa shape index (κ2) is 5.15. The zero-order chi connectivity index (χ0) is 11.5. The van der Waals surface area contributed by atoms with E-state index in [1.807, 2.05) is 13.8 Å². The Morgan fingerprint density at radius 3 is 2.56 bits per heavy atom. The van der Waals surface area contributed by atoms with Gasteiger partial charge in [0.1, 0.15) is 12.1 Å². The summed E-state index contributed by atoms with van der Waals surface area (Å²) in [5, 5.41) is 3.16. The van der Waals surface area contributed by atoms with Crippen molar-refractivity contribution in [1.82, 2.24) is 5.32 Å². The Bertz CT molecular complexity index is 241. The molecule has 0 amide bonds. The highest BCUT2D eigenvalue weighted by Crippen LogP contribution is 2.22. The summed E-state index contributed by atoms with van der Waals surface area (Å²) in [6, 6.07) is -0.0755. The average molecular weight is 227 g/mol. The van der Waals surface area contributed by atoms with E-state index in [2.05, 4.69) is 5.32 Å². The van der Waals surface area contributed by atoms with Gasteiger partial charge in [0.2, 0.25) is 0 Å². The molecule has 0 aliphatic carbocycles. The van der Waals surface area contributed by atoms with Gasteiger partial charge < -0.3 is 14.8 Å². The van der Waals surface area contributed by atoms with Crippen LogP contribution in [0.3, 0.4) is 0 Å². The largest absolute Gasteiger partial charge is 0.461 e. The van der Waals surface area contributed by atoms with Crippen LogP contribution in [-0.2, 0) is 14.3 Å². The van der Waals surface area contributed by atoms with Gasteiger partial charge in [0, 0.05) is 12.8 Å². The summed E-state index contributed by atoms with van der Waals surface area (Å²) in [5.74, 6) is -0.0798. The first-order valence-corrected chi connectivity index (χ1v) is 6.24. The summed E-state index contributed by atoms with van der Waals surface area (Å²) in [4.78, 5) is 11.8. The molecule has 1 N–H and O–H groups in total. The zero-order valence-corrected chi connectivity index (χ0v) is 10.1. The molecule has 2 saturated heterocycles. The van der Waals surface area contributed by atoms with Crippen LogP contribution in [0.2, 0.25) is 0 Å². The first-order chi connectivity index (χ1) is 7.65. The Balaban J connectivity index is 1.81. The molecule has 4 heteroatoms. The number of esters is 1. The van der Waals surface area contributed by atoms with Crippen molar-refractivity contribution in [3.05, 3.63) is 0 Å². The Kier molecular flexibility index (Phi) is 3.82. The van der Waals surface area contributed by atoms with Crippen molar-refractivity contribution in [3.8, 4) is 0 Å². The van der Waals surface area contributed by atoms with Gasteiger partial charge in [-0.15, -0.1) is 0 Å². The van der Waals surface area contributed by atoms with E-state index in [-0.39, 0.29) is 30.3 Å². The van der Waals surface area contributed by atoms with Gasteiger partial charge >= 0.3 is 5.97 Å². The number of nitrogens with one attached hydrogen (secondary N) is 1. The number of carbonyl (C=O) groups is 1. The molecule has 2 aliphatic rings. The number of rotatable bonds is 2. The van der Waals surface area contributed by atoms with Gasteiger partial charge in [-0.25, -0.2) is 0 Å². The first-order valence-electron chi connectivity index (χ1n) is 6.24. The Labute approximate surface area is 96.7 Å². The minimum absolute atomic E-state index is 0.0358. The van der Waals surface area contributed by atoms with Crippen LogP contribution < -0.4 is 5.32 Å². The fourth-order valence-electron chi connectivity index (χ4n) is 2.57. The van der Waals surface area contributed by atoms with Gasteiger partial charge in [0.25, 0.3) is 0 Å². The molecule has 92 valence electrons. The molecule has 0 aromatic rings. The Morgan fingerprint density at radius 1 is 1.31 bits per heavy atom. The lowest BCUT2D eigenvalue weighted by molar-refractivity contribution is -0.161. The fourth-order valence-corrected chi connectivity index (χ4v) is 2.57. The highest BCUT2D eigenvalue weighted by Gasteiger charge is 2.30. The average Bonchev–Trinajstić information content (AvgIpc) is 2.68. The smallest absolute Gasteiger partial charge is 0.323 e. The van der Waals surface area contributed by atoms with Crippen molar-refractivity contribution >= 4 is 5.97 Å². The van der Waals surface area contributed by atoms with Crippen LogP contribution in [0, 0.1) is 0 Å². The van der Waals surface area contributed by atoms with Crippen molar-refractivity contribution < 1.29 is 14.3 Å². The SMILES string of the molecule is CC1CC(OC(=O)[C@H]2CCCN2)CC(C)O1. The summed E-state index contributed by atoms with van der Waals surface area (Å²) in [6.07, 6.45) is 4.05. The highest BCUT2D eigenvalue weighted by molar-refractivity contribution is 5.76. The number of ether oxygens (including phenoxy) is 2. The monoisotopic (exact) mass is 227 g/mol. The molecule has 3 atom stereocenters. The molecule has 0 spiro atoms. The highest BCUT2D eigenvalue weighted by atomic mass is 16.6. The standard InChI is InChI=1S/C12H21NO3/c1-8-6-10(7-9(2)15-8)16-12(14)11-4-3-5-13-11/h8-11,13H,3-7H2,1-2H3/t8?,9?,10?,11-/m1/s1. The number of carbonyl (C=O) groups excluding carboxylic acids is 1. The summed E-state index contributed by atoms with van der Waals surface area (Å²) in [5.41, 5.74) is 0. The van der Waals surface area contributed by atoms with Gasteiger partial charge in [0.05, 0.1) is 12.2 Å². The van der Waals surface area contributed by atoms with Crippen LogP contribution in [0.1, 0.15) is 39.5 Å². The lowest BCUT2D eigenvalue weighted by Crippen LogP contribution is -2.40. The van der Waals surface area contributed by atoms with Crippen molar-refractivity contribution in [2.24, 2.45) is 0 Å². The van der Waals surface area contributed by atoms with Crippen LogP contribution in [-0.4, -0.2) is 36.9 Å². The molecule has 0 saturated carbocycles. The molecule has 0 bridgehead atoms. The van der Waals surface area contributed by atoms with Crippen molar-refractivity contribution in [2.45, 2.75) is 63.9 Å². The molecule has 2 unspecified atom stereocenters. The van der Waals surface area contributed by atoms with E-state index in [1.54, 1.807) is 0 Å². The van der Waals surface area contributed by atoms with E-state index < -0.39 is 0 Å².